The van der Waals surface area contributed by atoms with Gasteiger partial charge in [-0.25, -0.2) is 9.97 Å². The first-order valence-electron chi connectivity index (χ1n) is 13.2. The predicted molar refractivity (Wildman–Crippen MR) is 152 cm³/mol. The summed E-state index contributed by atoms with van der Waals surface area (Å²) in [5.74, 6) is -2.03. The number of nitrogens with zero attached hydrogens (tertiary/aromatic N) is 4. The minimum absolute atomic E-state index is 0.0517. The number of rotatable bonds is 13. The Balaban J connectivity index is 1.80. The lowest BCUT2D eigenvalue weighted by Crippen LogP contribution is -2.43. The number of unbranched alkanes of at least 4 members (excludes halogenated alkanes) is 1. The van der Waals surface area contributed by atoms with E-state index in [9.17, 15) is 22.8 Å². The minimum atomic E-state index is -4.61. The van der Waals surface area contributed by atoms with Crippen LogP contribution in [0.5, 0.6) is 0 Å². The number of alkyl halides is 3. The lowest BCUT2D eigenvalue weighted by molar-refractivity contribution is -0.137. The van der Waals surface area contributed by atoms with Gasteiger partial charge in [-0.05, 0) is 49.9 Å². The SMILES string of the molecule is CCNC/C(=N\N=C\CNC(=O)C1C=c2nc(CCCCC(=O)O)c(-c3ccc(Cl)cc3)nc2=CC1C)C(F)(F)F. The van der Waals surface area contributed by atoms with Gasteiger partial charge in [-0.3, -0.25) is 9.59 Å². The van der Waals surface area contributed by atoms with Crippen LogP contribution in [0.2, 0.25) is 5.02 Å². The quantitative estimate of drug-likeness (QED) is 0.186. The summed E-state index contributed by atoms with van der Waals surface area (Å²) in [7, 11) is 0. The first-order valence-corrected chi connectivity index (χ1v) is 13.6. The number of nitrogens with one attached hydrogen (secondary N) is 2. The molecule has 3 rings (SSSR count). The average molecular weight is 593 g/mol. The van der Waals surface area contributed by atoms with Crippen molar-refractivity contribution in [3.05, 3.63) is 45.7 Å². The number of hydrogen-bond donors (Lipinski definition) is 3. The van der Waals surface area contributed by atoms with Crippen LogP contribution in [0.4, 0.5) is 13.2 Å². The monoisotopic (exact) mass is 592 g/mol. The van der Waals surface area contributed by atoms with Crippen molar-refractivity contribution in [2.24, 2.45) is 22.0 Å². The lowest BCUT2D eigenvalue weighted by Gasteiger charge is -2.20. The Hall–Kier alpha value is -3.64. The van der Waals surface area contributed by atoms with Crippen LogP contribution in [0, 0.1) is 11.8 Å². The third-order valence-corrected chi connectivity index (χ3v) is 6.57. The van der Waals surface area contributed by atoms with Crippen molar-refractivity contribution < 1.29 is 27.9 Å². The van der Waals surface area contributed by atoms with Gasteiger partial charge < -0.3 is 15.7 Å². The zero-order valence-corrected chi connectivity index (χ0v) is 23.5. The van der Waals surface area contributed by atoms with Gasteiger partial charge in [0.25, 0.3) is 0 Å². The largest absolute Gasteiger partial charge is 0.481 e. The van der Waals surface area contributed by atoms with E-state index >= 15 is 0 Å². The van der Waals surface area contributed by atoms with Crippen LogP contribution < -0.4 is 21.3 Å². The van der Waals surface area contributed by atoms with Gasteiger partial charge in [0, 0.05) is 29.8 Å². The number of aliphatic carboxylic acids is 1. The number of aromatic nitrogens is 2. The van der Waals surface area contributed by atoms with Crippen LogP contribution in [0.15, 0.2) is 34.5 Å². The Morgan fingerprint density at radius 2 is 1.83 bits per heavy atom. The molecule has 13 heteroatoms. The van der Waals surface area contributed by atoms with E-state index in [1.54, 1.807) is 25.1 Å². The minimum Gasteiger partial charge on any atom is -0.481 e. The van der Waals surface area contributed by atoms with Crippen LogP contribution in [-0.4, -0.2) is 64.7 Å². The highest BCUT2D eigenvalue weighted by atomic mass is 35.5. The standard InChI is InChI=1S/C28H32ClF3N6O3/c1-3-33-16-24(28(30,31)32)38-35-13-12-34-27(41)20-15-23-22(14-17(20)2)37-26(18-8-10-19(29)11-9-18)21(36-23)6-4-5-7-25(39)40/h8-11,13-15,17,20,33H,3-7,12,16H2,1-2H3,(H,34,41)(H,39,40)/b35-13+,38-24+. The number of carboxylic acids is 1. The summed E-state index contributed by atoms with van der Waals surface area (Å²) in [6, 6.07) is 7.20. The second kappa shape index (κ2) is 14.8. The van der Waals surface area contributed by atoms with Crippen LogP contribution in [-0.2, 0) is 16.0 Å². The molecule has 2 atom stereocenters. The Kier molecular flexibility index (Phi) is 11.5. The summed E-state index contributed by atoms with van der Waals surface area (Å²) in [4.78, 5) is 33.5. The number of fused-ring (bicyclic) bond motifs is 1. The van der Waals surface area contributed by atoms with Crippen molar-refractivity contribution in [1.82, 2.24) is 20.6 Å². The van der Waals surface area contributed by atoms with Crippen molar-refractivity contribution in [1.29, 1.82) is 0 Å². The highest BCUT2D eigenvalue weighted by Gasteiger charge is 2.35. The average Bonchev–Trinajstić information content (AvgIpc) is 2.91. The molecule has 1 aliphatic rings. The maximum atomic E-state index is 13.0. The van der Waals surface area contributed by atoms with Gasteiger partial charge in [0.1, 0.15) is 0 Å². The summed E-state index contributed by atoms with van der Waals surface area (Å²) < 4.78 is 39.0. The van der Waals surface area contributed by atoms with Gasteiger partial charge in [0.2, 0.25) is 5.91 Å². The smallest absolute Gasteiger partial charge is 0.432 e. The predicted octanol–water partition coefficient (Wildman–Crippen LogP) is 3.14. The molecule has 0 radical (unpaired) electrons. The molecule has 0 aliphatic heterocycles. The van der Waals surface area contributed by atoms with Gasteiger partial charge in [-0.2, -0.15) is 18.3 Å². The third kappa shape index (κ3) is 9.46. The van der Waals surface area contributed by atoms with Crippen LogP contribution >= 0.6 is 11.6 Å². The third-order valence-electron chi connectivity index (χ3n) is 6.32. The molecule has 1 heterocycles. The zero-order valence-electron chi connectivity index (χ0n) is 22.7. The number of halogens is 4. The molecule has 2 aromatic rings. The molecule has 1 aliphatic carbocycles. The molecule has 0 saturated heterocycles. The molecule has 0 spiro atoms. The van der Waals surface area contributed by atoms with Gasteiger partial charge in [0.05, 0.1) is 34.5 Å². The molecule has 2 unspecified atom stereocenters. The normalized spacial score (nSPS) is 17.1. The Morgan fingerprint density at radius 3 is 2.49 bits per heavy atom. The molecular formula is C28H32ClF3N6O3. The molecular weight excluding hydrogens is 561 g/mol. The van der Waals surface area contributed by atoms with Crippen LogP contribution in [0.3, 0.4) is 0 Å². The molecule has 1 amide bonds. The lowest BCUT2D eigenvalue weighted by atomic mass is 9.89. The van der Waals surface area contributed by atoms with Crippen LogP contribution in [0.1, 0.15) is 38.8 Å². The van der Waals surface area contributed by atoms with Gasteiger partial charge in [0.15, 0.2) is 5.71 Å². The van der Waals surface area contributed by atoms with E-state index < -0.39 is 30.3 Å². The van der Waals surface area contributed by atoms with E-state index in [-0.39, 0.29) is 24.8 Å². The maximum Gasteiger partial charge on any atom is 0.432 e. The fourth-order valence-corrected chi connectivity index (χ4v) is 4.29. The van der Waals surface area contributed by atoms with Gasteiger partial charge in [-0.15, -0.1) is 5.10 Å². The summed E-state index contributed by atoms with van der Waals surface area (Å²) in [6.07, 6.45) is 1.70. The Labute approximate surface area is 240 Å². The second-order valence-electron chi connectivity index (χ2n) is 9.48. The molecule has 41 heavy (non-hydrogen) atoms. The highest BCUT2D eigenvalue weighted by Crippen LogP contribution is 2.23. The fourth-order valence-electron chi connectivity index (χ4n) is 4.17. The first-order chi connectivity index (χ1) is 19.5. The number of carbonyl (C=O) groups is 2. The highest BCUT2D eigenvalue weighted by molar-refractivity contribution is 6.30. The van der Waals surface area contributed by atoms with E-state index in [2.05, 4.69) is 20.8 Å². The number of benzene rings is 1. The molecule has 1 aromatic heterocycles. The molecule has 220 valence electrons. The molecule has 0 saturated carbocycles. The maximum absolute atomic E-state index is 13.0. The summed E-state index contributed by atoms with van der Waals surface area (Å²) in [5, 5.41) is 22.6. The van der Waals surface area contributed by atoms with Gasteiger partial charge in [-0.1, -0.05) is 43.7 Å². The zero-order chi connectivity index (χ0) is 30.0. The molecule has 1 aromatic carbocycles. The summed E-state index contributed by atoms with van der Waals surface area (Å²) >= 11 is 6.05. The Morgan fingerprint density at radius 1 is 1.12 bits per heavy atom. The number of carbonyl (C=O) groups excluding carboxylic acids is 1. The summed E-state index contributed by atoms with van der Waals surface area (Å²) in [5.41, 5.74) is 1.11. The molecule has 9 nitrogen and oxygen atoms in total. The van der Waals surface area contributed by atoms with E-state index in [1.807, 2.05) is 25.1 Å². The van der Waals surface area contributed by atoms with E-state index in [1.165, 1.54) is 0 Å². The van der Waals surface area contributed by atoms with Gasteiger partial charge >= 0.3 is 12.1 Å². The van der Waals surface area contributed by atoms with Crippen LogP contribution in [0.25, 0.3) is 23.4 Å². The fraction of sp³-hybridized carbons (Fsp3) is 0.429. The number of aryl methyl sites for hydroxylation is 1. The second-order valence-corrected chi connectivity index (χ2v) is 9.92. The van der Waals surface area contributed by atoms with Crippen molar-refractivity contribution in [2.75, 3.05) is 19.6 Å². The van der Waals surface area contributed by atoms with Crippen molar-refractivity contribution in [3.63, 3.8) is 0 Å². The topological polar surface area (TPSA) is 129 Å². The van der Waals surface area contributed by atoms with Crippen molar-refractivity contribution in [2.45, 2.75) is 45.7 Å². The Bertz CT molecular complexity index is 1410. The van der Waals surface area contributed by atoms with E-state index in [0.29, 0.717) is 52.9 Å². The van der Waals surface area contributed by atoms with Crippen molar-refractivity contribution >= 4 is 47.6 Å². The summed E-state index contributed by atoms with van der Waals surface area (Å²) in [6.45, 7) is 3.33. The van der Waals surface area contributed by atoms with E-state index in [0.717, 1.165) is 11.8 Å². The van der Waals surface area contributed by atoms with Crippen molar-refractivity contribution in [3.8, 4) is 11.3 Å². The molecule has 0 fully saturated rings. The van der Waals surface area contributed by atoms with E-state index in [4.69, 9.17) is 26.7 Å². The first kappa shape index (κ1) is 31.9. The number of amides is 1. The molecule has 3 N–H and O–H groups in total. The number of hydrogen-bond acceptors (Lipinski definition) is 7. The number of carboxylic acid groups (broad SMARTS) is 1. The molecule has 0 bridgehead atoms.